The van der Waals surface area contributed by atoms with Gasteiger partial charge in [0.25, 0.3) is 0 Å². The quantitative estimate of drug-likeness (QED) is 0.579. The minimum absolute atomic E-state index is 0.661. The van der Waals surface area contributed by atoms with E-state index in [2.05, 4.69) is 30.3 Å². The summed E-state index contributed by atoms with van der Waals surface area (Å²) in [4.78, 5) is 1.23. The molecular weight excluding hydrogens is 230 g/mol. The van der Waals surface area contributed by atoms with Crippen molar-refractivity contribution in [2.45, 2.75) is 25.2 Å². The fraction of sp³-hybridized carbons (Fsp3) is 0.538. The van der Waals surface area contributed by atoms with Crippen molar-refractivity contribution < 1.29 is 0 Å². The molecule has 0 atom stereocenters. The molecule has 3 nitrogen and oxygen atoms in total. The predicted molar refractivity (Wildman–Crippen MR) is 76.8 cm³/mol. The highest BCUT2D eigenvalue weighted by molar-refractivity contribution is 7.97. The topological polar surface area (TPSA) is 55.3 Å². The molecule has 96 valence electrons. The molecule has 0 aliphatic carbocycles. The van der Waals surface area contributed by atoms with Crippen LogP contribution < -0.4 is 11.5 Å². The van der Waals surface area contributed by atoms with Crippen LogP contribution in [-0.4, -0.2) is 23.9 Å². The van der Waals surface area contributed by atoms with Crippen LogP contribution in [0, 0.1) is 5.92 Å². The Labute approximate surface area is 109 Å². The highest BCUT2D eigenvalue weighted by Crippen LogP contribution is 2.24. The highest BCUT2D eigenvalue weighted by Gasteiger charge is 2.08. The SMILES string of the molecule is CC(C)CN(CCCN)Sc1ccc(N)cc1. The number of nitrogen functional groups attached to an aromatic ring is 1. The van der Waals surface area contributed by atoms with Crippen molar-refractivity contribution in [3.05, 3.63) is 24.3 Å². The van der Waals surface area contributed by atoms with E-state index in [4.69, 9.17) is 11.5 Å². The van der Waals surface area contributed by atoms with E-state index < -0.39 is 0 Å². The van der Waals surface area contributed by atoms with Gasteiger partial charge in [0.05, 0.1) is 0 Å². The third-order valence-corrected chi connectivity index (χ3v) is 3.37. The first kappa shape index (κ1) is 14.4. The molecule has 0 unspecified atom stereocenters. The van der Waals surface area contributed by atoms with Crippen molar-refractivity contribution >= 4 is 17.6 Å². The van der Waals surface area contributed by atoms with Crippen molar-refractivity contribution in [3.8, 4) is 0 Å². The Bertz CT molecular complexity index is 311. The molecule has 0 amide bonds. The van der Waals surface area contributed by atoms with E-state index in [9.17, 15) is 0 Å². The van der Waals surface area contributed by atoms with Gasteiger partial charge in [-0.3, -0.25) is 0 Å². The van der Waals surface area contributed by atoms with Crippen LogP contribution in [0.5, 0.6) is 0 Å². The van der Waals surface area contributed by atoms with Crippen molar-refractivity contribution in [2.75, 3.05) is 25.4 Å². The smallest absolute Gasteiger partial charge is 0.0314 e. The van der Waals surface area contributed by atoms with Crippen molar-refractivity contribution in [1.82, 2.24) is 4.31 Å². The van der Waals surface area contributed by atoms with Crippen LogP contribution >= 0.6 is 11.9 Å². The molecule has 0 aliphatic heterocycles. The minimum atomic E-state index is 0.661. The van der Waals surface area contributed by atoms with Gasteiger partial charge in [-0.15, -0.1) is 0 Å². The van der Waals surface area contributed by atoms with Gasteiger partial charge in [-0.05, 0) is 55.1 Å². The summed E-state index contributed by atoms with van der Waals surface area (Å²) < 4.78 is 2.38. The fourth-order valence-corrected chi connectivity index (χ4v) is 2.68. The zero-order valence-electron chi connectivity index (χ0n) is 10.7. The van der Waals surface area contributed by atoms with Gasteiger partial charge in [-0.1, -0.05) is 13.8 Å². The van der Waals surface area contributed by atoms with Gasteiger partial charge >= 0.3 is 0 Å². The molecule has 1 rings (SSSR count). The van der Waals surface area contributed by atoms with Gasteiger partial charge in [-0.2, -0.15) is 0 Å². The normalized spacial score (nSPS) is 11.4. The summed E-state index contributed by atoms with van der Waals surface area (Å²) in [7, 11) is 0. The number of nitrogens with two attached hydrogens (primary N) is 2. The summed E-state index contributed by atoms with van der Waals surface area (Å²) in [5.74, 6) is 0.661. The molecular formula is C13H23N3S. The first-order valence-electron chi connectivity index (χ1n) is 6.10. The summed E-state index contributed by atoms with van der Waals surface area (Å²) in [6.07, 6.45) is 1.04. The maximum absolute atomic E-state index is 5.68. The van der Waals surface area contributed by atoms with Crippen LogP contribution in [0.3, 0.4) is 0 Å². The molecule has 0 bridgehead atoms. The molecule has 0 saturated heterocycles. The lowest BCUT2D eigenvalue weighted by atomic mass is 10.2. The van der Waals surface area contributed by atoms with Crippen LogP contribution in [0.1, 0.15) is 20.3 Å². The Hall–Kier alpha value is -0.710. The predicted octanol–water partition coefficient (Wildman–Crippen LogP) is 2.58. The van der Waals surface area contributed by atoms with Crippen LogP contribution in [0.2, 0.25) is 0 Å². The molecule has 1 aromatic carbocycles. The Morgan fingerprint density at radius 2 is 1.88 bits per heavy atom. The van der Waals surface area contributed by atoms with E-state index in [0.29, 0.717) is 5.92 Å². The highest BCUT2D eigenvalue weighted by atomic mass is 32.2. The average molecular weight is 253 g/mol. The maximum Gasteiger partial charge on any atom is 0.0314 e. The molecule has 0 radical (unpaired) electrons. The molecule has 0 saturated carbocycles. The summed E-state index contributed by atoms with van der Waals surface area (Å²) in [5, 5.41) is 0. The molecule has 4 N–H and O–H groups in total. The van der Waals surface area contributed by atoms with Gasteiger partial charge < -0.3 is 11.5 Å². The number of rotatable bonds is 7. The number of hydrogen-bond donors (Lipinski definition) is 2. The minimum Gasteiger partial charge on any atom is -0.399 e. The molecule has 0 spiro atoms. The van der Waals surface area contributed by atoms with E-state index >= 15 is 0 Å². The Balaban J connectivity index is 2.54. The van der Waals surface area contributed by atoms with Crippen LogP contribution in [-0.2, 0) is 0 Å². The van der Waals surface area contributed by atoms with Crippen molar-refractivity contribution in [3.63, 3.8) is 0 Å². The van der Waals surface area contributed by atoms with E-state index in [1.165, 1.54) is 4.90 Å². The van der Waals surface area contributed by atoms with Gasteiger partial charge in [0.15, 0.2) is 0 Å². The second-order valence-corrected chi connectivity index (χ2v) is 5.75. The first-order chi connectivity index (χ1) is 8.11. The lowest BCUT2D eigenvalue weighted by Gasteiger charge is -2.22. The van der Waals surface area contributed by atoms with Gasteiger partial charge in [0.1, 0.15) is 0 Å². The zero-order chi connectivity index (χ0) is 12.7. The summed E-state index contributed by atoms with van der Waals surface area (Å²) in [6.45, 7) is 7.33. The monoisotopic (exact) mass is 253 g/mol. The fourth-order valence-electron chi connectivity index (χ4n) is 1.53. The third-order valence-electron chi connectivity index (χ3n) is 2.30. The summed E-state index contributed by atoms with van der Waals surface area (Å²) in [5.41, 5.74) is 12.1. The van der Waals surface area contributed by atoms with Gasteiger partial charge in [-0.25, -0.2) is 4.31 Å². The molecule has 0 fully saturated rings. The first-order valence-corrected chi connectivity index (χ1v) is 6.87. The van der Waals surface area contributed by atoms with Crippen LogP contribution in [0.15, 0.2) is 29.2 Å². The van der Waals surface area contributed by atoms with Crippen molar-refractivity contribution in [1.29, 1.82) is 0 Å². The largest absolute Gasteiger partial charge is 0.399 e. The standard InChI is InChI=1S/C13H23N3S/c1-11(2)10-16(9-3-8-14)17-13-6-4-12(15)5-7-13/h4-7,11H,3,8-10,14-15H2,1-2H3. The Morgan fingerprint density at radius 3 is 2.41 bits per heavy atom. The van der Waals surface area contributed by atoms with Gasteiger partial charge in [0, 0.05) is 23.7 Å². The molecule has 0 aromatic heterocycles. The van der Waals surface area contributed by atoms with Crippen LogP contribution in [0.4, 0.5) is 5.69 Å². The summed E-state index contributed by atoms with van der Waals surface area (Å²) >= 11 is 1.79. The van der Waals surface area contributed by atoms with E-state index in [-0.39, 0.29) is 0 Å². The number of anilines is 1. The lowest BCUT2D eigenvalue weighted by molar-refractivity contribution is 0.402. The zero-order valence-corrected chi connectivity index (χ0v) is 11.5. The summed E-state index contributed by atoms with van der Waals surface area (Å²) in [6, 6.07) is 8.02. The average Bonchev–Trinajstić information content (AvgIpc) is 2.28. The number of benzene rings is 1. The second kappa shape index (κ2) is 7.58. The maximum atomic E-state index is 5.68. The van der Waals surface area contributed by atoms with Crippen molar-refractivity contribution in [2.24, 2.45) is 11.7 Å². The third kappa shape index (κ3) is 5.96. The Kier molecular flexibility index (Phi) is 6.40. The second-order valence-electron chi connectivity index (χ2n) is 4.58. The molecule has 4 heteroatoms. The van der Waals surface area contributed by atoms with Gasteiger partial charge in [0.2, 0.25) is 0 Å². The number of nitrogens with zero attached hydrogens (tertiary/aromatic N) is 1. The lowest BCUT2D eigenvalue weighted by Crippen LogP contribution is -2.23. The Morgan fingerprint density at radius 1 is 1.24 bits per heavy atom. The van der Waals surface area contributed by atoms with E-state index in [1.54, 1.807) is 11.9 Å². The van der Waals surface area contributed by atoms with E-state index in [0.717, 1.165) is 31.7 Å². The van der Waals surface area contributed by atoms with Crippen LogP contribution in [0.25, 0.3) is 0 Å². The molecule has 0 aliphatic rings. The van der Waals surface area contributed by atoms with E-state index in [1.807, 2.05) is 12.1 Å². The molecule has 1 aromatic rings. The number of hydrogen-bond acceptors (Lipinski definition) is 4. The molecule has 17 heavy (non-hydrogen) atoms. The molecule has 0 heterocycles.